The second-order valence-corrected chi connectivity index (χ2v) is 5.70. The van der Waals surface area contributed by atoms with Crippen molar-refractivity contribution in [3.8, 4) is 0 Å². The van der Waals surface area contributed by atoms with E-state index in [1.165, 1.54) is 0 Å². The molecule has 0 N–H and O–H groups in total. The van der Waals surface area contributed by atoms with Crippen molar-refractivity contribution in [1.29, 1.82) is 0 Å². The van der Waals surface area contributed by atoms with Crippen molar-refractivity contribution in [3.05, 3.63) is 0 Å². The van der Waals surface area contributed by atoms with Gasteiger partial charge in [-0.2, -0.15) is 0 Å². The molecule has 0 spiro atoms. The zero-order valence-corrected chi connectivity index (χ0v) is 11.1. The van der Waals surface area contributed by atoms with Crippen molar-refractivity contribution in [1.82, 2.24) is 0 Å². The van der Waals surface area contributed by atoms with Crippen molar-refractivity contribution in [2.24, 2.45) is 5.41 Å². The number of unbranched alkanes of at least 4 members (excludes halogenated alkanes) is 1. The highest BCUT2D eigenvalue weighted by atomic mass is 16.7. The molecule has 0 aromatic carbocycles. The van der Waals surface area contributed by atoms with Gasteiger partial charge in [-0.1, -0.05) is 13.8 Å². The number of rotatable bonds is 5. The smallest absolute Gasteiger partial charge is 0.163 e. The fourth-order valence-corrected chi connectivity index (χ4v) is 1.91. The van der Waals surface area contributed by atoms with E-state index in [1.807, 2.05) is 27.7 Å². The summed E-state index contributed by atoms with van der Waals surface area (Å²) in [7, 11) is 0. The van der Waals surface area contributed by atoms with E-state index < -0.39 is 11.9 Å². The van der Waals surface area contributed by atoms with Crippen LogP contribution in [0.25, 0.3) is 0 Å². The normalized spacial score (nSPS) is 26.5. The molecule has 1 aliphatic rings. The first-order valence-electron chi connectivity index (χ1n) is 6.07. The summed E-state index contributed by atoms with van der Waals surface area (Å²) in [6.45, 7) is 8.06. The largest absolute Gasteiger partial charge is 0.350 e. The van der Waals surface area contributed by atoms with Crippen LogP contribution in [-0.4, -0.2) is 30.6 Å². The molecule has 0 unspecified atom stereocenters. The molecule has 1 saturated heterocycles. The number of ether oxygens (including phenoxy) is 2. The van der Waals surface area contributed by atoms with Crippen LogP contribution < -0.4 is 0 Å². The van der Waals surface area contributed by atoms with Crippen molar-refractivity contribution < 1.29 is 19.1 Å². The molecule has 0 amide bonds. The van der Waals surface area contributed by atoms with Crippen LogP contribution in [0.1, 0.15) is 47.0 Å². The molecule has 0 bridgehead atoms. The third-order valence-electron chi connectivity index (χ3n) is 2.94. The summed E-state index contributed by atoms with van der Waals surface area (Å²) in [5.41, 5.74) is -0.312. The molecule has 98 valence electrons. The van der Waals surface area contributed by atoms with Crippen molar-refractivity contribution in [3.63, 3.8) is 0 Å². The lowest BCUT2D eigenvalue weighted by Gasteiger charge is -2.45. The summed E-state index contributed by atoms with van der Waals surface area (Å²) in [4.78, 5) is 22.3. The fourth-order valence-electron chi connectivity index (χ4n) is 1.91. The van der Waals surface area contributed by atoms with Gasteiger partial charge in [-0.05, 0) is 20.3 Å². The van der Waals surface area contributed by atoms with Crippen LogP contribution in [0.15, 0.2) is 0 Å². The zero-order valence-electron chi connectivity index (χ0n) is 11.1. The summed E-state index contributed by atoms with van der Waals surface area (Å²) < 4.78 is 11.3. The highest BCUT2D eigenvalue weighted by Crippen LogP contribution is 2.35. The van der Waals surface area contributed by atoms with E-state index in [0.29, 0.717) is 25.9 Å². The number of ketones is 1. The quantitative estimate of drug-likeness (QED) is 0.547. The molecule has 1 atom stereocenters. The van der Waals surface area contributed by atoms with Crippen LogP contribution in [0, 0.1) is 5.41 Å². The first kappa shape index (κ1) is 14.3. The zero-order chi connectivity index (χ0) is 13.1. The molecule has 17 heavy (non-hydrogen) atoms. The minimum absolute atomic E-state index is 0.0632. The minimum atomic E-state index is -0.708. The Labute approximate surface area is 103 Å². The molecule has 0 aromatic rings. The summed E-state index contributed by atoms with van der Waals surface area (Å²) in [5.74, 6) is -0.645. The lowest BCUT2D eigenvalue weighted by atomic mass is 9.82. The summed E-state index contributed by atoms with van der Waals surface area (Å²) in [6, 6.07) is 0. The number of hydrogen-bond donors (Lipinski definition) is 0. The van der Waals surface area contributed by atoms with Gasteiger partial charge >= 0.3 is 0 Å². The van der Waals surface area contributed by atoms with E-state index in [2.05, 4.69) is 0 Å². The van der Waals surface area contributed by atoms with Gasteiger partial charge < -0.3 is 14.3 Å². The number of Topliss-reactive ketones (excluding diaryl/α,β-unsaturated/α-hetero) is 1. The van der Waals surface area contributed by atoms with Crippen molar-refractivity contribution >= 4 is 12.1 Å². The van der Waals surface area contributed by atoms with Gasteiger partial charge in [-0.25, -0.2) is 0 Å². The summed E-state index contributed by atoms with van der Waals surface area (Å²) >= 11 is 0. The number of carbonyl (C=O) groups is 2. The highest BCUT2D eigenvalue weighted by molar-refractivity contribution is 5.84. The van der Waals surface area contributed by atoms with E-state index >= 15 is 0 Å². The van der Waals surface area contributed by atoms with E-state index in [0.717, 1.165) is 6.29 Å². The third-order valence-corrected chi connectivity index (χ3v) is 2.94. The number of aldehydes is 1. The molecule has 0 aliphatic carbocycles. The maximum Gasteiger partial charge on any atom is 0.163 e. The Morgan fingerprint density at radius 3 is 2.59 bits per heavy atom. The first-order chi connectivity index (χ1) is 7.78. The molecular weight excluding hydrogens is 220 g/mol. The molecule has 0 radical (unpaired) electrons. The summed E-state index contributed by atoms with van der Waals surface area (Å²) in [6.07, 6.45) is 1.81. The van der Waals surface area contributed by atoms with E-state index in [1.54, 1.807) is 0 Å². The van der Waals surface area contributed by atoms with Crippen LogP contribution in [0.4, 0.5) is 0 Å². The van der Waals surface area contributed by atoms with Crippen LogP contribution in [0.2, 0.25) is 0 Å². The topological polar surface area (TPSA) is 52.6 Å². The molecule has 4 heteroatoms. The predicted octanol–water partition coefficient (Wildman–Crippen LogP) is 2.10. The van der Waals surface area contributed by atoms with Crippen molar-refractivity contribution in [2.75, 3.05) is 6.61 Å². The van der Waals surface area contributed by atoms with Gasteiger partial charge in [0.05, 0.1) is 6.61 Å². The molecular formula is C13H22O4. The third kappa shape index (κ3) is 3.89. The fraction of sp³-hybridized carbons (Fsp3) is 0.846. The Bertz CT molecular complexity index is 294. The molecule has 0 saturated carbocycles. The van der Waals surface area contributed by atoms with Crippen LogP contribution in [0.3, 0.4) is 0 Å². The molecule has 0 aromatic heterocycles. The second kappa shape index (κ2) is 5.27. The number of carbonyl (C=O) groups excluding carboxylic acids is 2. The Morgan fingerprint density at radius 1 is 1.35 bits per heavy atom. The number of hydrogen-bond acceptors (Lipinski definition) is 4. The van der Waals surface area contributed by atoms with Gasteiger partial charge in [0.2, 0.25) is 0 Å². The summed E-state index contributed by atoms with van der Waals surface area (Å²) in [5, 5.41) is 0. The van der Waals surface area contributed by atoms with Crippen molar-refractivity contribution in [2.45, 2.75) is 58.8 Å². The first-order valence-corrected chi connectivity index (χ1v) is 6.07. The average molecular weight is 242 g/mol. The molecule has 4 nitrogen and oxygen atoms in total. The van der Waals surface area contributed by atoms with Crippen LogP contribution in [0.5, 0.6) is 0 Å². The molecule has 1 rings (SSSR count). The van der Waals surface area contributed by atoms with Gasteiger partial charge in [0.25, 0.3) is 0 Å². The molecule has 1 fully saturated rings. The maximum atomic E-state index is 12.1. The lowest BCUT2D eigenvalue weighted by molar-refractivity contribution is -0.303. The Hall–Kier alpha value is -0.740. The van der Waals surface area contributed by atoms with Gasteiger partial charge in [-0.3, -0.25) is 4.79 Å². The van der Waals surface area contributed by atoms with Gasteiger partial charge in [0, 0.05) is 18.3 Å². The Kier molecular flexibility index (Phi) is 4.44. The van der Waals surface area contributed by atoms with E-state index in [-0.39, 0.29) is 11.2 Å². The predicted molar refractivity (Wildman–Crippen MR) is 63.6 cm³/mol. The maximum absolute atomic E-state index is 12.1. The molecule has 1 aliphatic heterocycles. The Balaban J connectivity index is 2.64. The SMILES string of the molecule is CC1(C)OCC(C)(C)[C@@H](C(=O)CCCC=O)O1. The second-order valence-electron chi connectivity index (χ2n) is 5.70. The van der Waals surface area contributed by atoms with Gasteiger partial charge in [-0.15, -0.1) is 0 Å². The van der Waals surface area contributed by atoms with Gasteiger partial charge in [0.1, 0.15) is 12.4 Å². The van der Waals surface area contributed by atoms with Crippen LogP contribution in [-0.2, 0) is 19.1 Å². The van der Waals surface area contributed by atoms with E-state index in [4.69, 9.17) is 9.47 Å². The minimum Gasteiger partial charge on any atom is -0.350 e. The molecule has 1 heterocycles. The van der Waals surface area contributed by atoms with Gasteiger partial charge in [0.15, 0.2) is 11.6 Å². The van der Waals surface area contributed by atoms with Crippen LogP contribution >= 0.6 is 0 Å². The lowest BCUT2D eigenvalue weighted by Crippen LogP contribution is -2.53. The Morgan fingerprint density at radius 2 is 2.00 bits per heavy atom. The van der Waals surface area contributed by atoms with E-state index in [9.17, 15) is 9.59 Å². The highest BCUT2D eigenvalue weighted by Gasteiger charge is 2.44. The monoisotopic (exact) mass is 242 g/mol. The standard InChI is InChI=1S/C13H22O4/c1-12(2)9-16-13(3,4)17-11(12)10(15)7-5-6-8-14/h8,11H,5-7,9H2,1-4H3/t11-/m1/s1. The average Bonchev–Trinajstić information content (AvgIpc) is 2.22.